The number of nitrogens with one attached hydrogen (secondary N) is 1. The molecule has 0 spiro atoms. The molecule has 0 aliphatic carbocycles. The Labute approximate surface area is 109 Å². The molecule has 0 aromatic rings. The summed E-state index contributed by atoms with van der Waals surface area (Å²) >= 11 is 5.40. The van der Waals surface area contributed by atoms with Crippen LogP contribution in [0.3, 0.4) is 0 Å². The van der Waals surface area contributed by atoms with Gasteiger partial charge in [0.05, 0.1) is 5.54 Å². The highest BCUT2D eigenvalue weighted by Crippen LogP contribution is 2.26. The number of nitrogens with zero attached hydrogens (tertiary/aromatic N) is 1. The quantitative estimate of drug-likeness (QED) is 0.562. The van der Waals surface area contributed by atoms with Crippen LogP contribution in [0.25, 0.3) is 0 Å². The Bertz CT molecular complexity index is 355. The molecule has 2 saturated heterocycles. The first-order valence-electron chi connectivity index (χ1n) is 6.19. The SMILES string of the molecule is C[C@@]1(NC(=S)N2CCCCC2)CC[S+](=O)(O)C1. The number of hydrogen-bond donors (Lipinski definition) is 2. The predicted molar refractivity (Wildman–Crippen MR) is 74.6 cm³/mol. The Morgan fingerprint density at radius 3 is 2.59 bits per heavy atom. The van der Waals surface area contributed by atoms with Crippen LogP contribution < -0.4 is 5.32 Å². The van der Waals surface area contributed by atoms with Crippen molar-refractivity contribution in [2.75, 3.05) is 24.6 Å². The van der Waals surface area contributed by atoms with E-state index in [1.54, 1.807) is 0 Å². The lowest BCUT2D eigenvalue weighted by Crippen LogP contribution is -2.53. The van der Waals surface area contributed by atoms with Crippen molar-refractivity contribution in [2.24, 2.45) is 0 Å². The van der Waals surface area contributed by atoms with Crippen molar-refractivity contribution in [1.29, 1.82) is 0 Å². The van der Waals surface area contributed by atoms with Gasteiger partial charge in [-0.25, -0.2) is 0 Å². The molecule has 2 aliphatic heterocycles. The Kier molecular flexibility index (Phi) is 3.75. The topological polar surface area (TPSA) is 52.6 Å². The van der Waals surface area contributed by atoms with Gasteiger partial charge in [-0.15, -0.1) is 0 Å². The van der Waals surface area contributed by atoms with Gasteiger partial charge in [0, 0.05) is 19.5 Å². The fraction of sp³-hybridized carbons (Fsp3) is 0.909. The zero-order valence-corrected chi connectivity index (χ0v) is 11.9. The average Bonchev–Trinajstić information content (AvgIpc) is 2.54. The molecule has 0 amide bonds. The average molecular weight is 277 g/mol. The third-order valence-electron chi connectivity index (χ3n) is 3.57. The van der Waals surface area contributed by atoms with Gasteiger partial charge in [0.2, 0.25) is 10.2 Å². The summed E-state index contributed by atoms with van der Waals surface area (Å²) in [6.45, 7) is 4.01. The van der Waals surface area contributed by atoms with Crippen LogP contribution in [-0.2, 0) is 14.4 Å². The number of rotatable bonds is 1. The second kappa shape index (κ2) is 4.82. The second-order valence-corrected chi connectivity index (χ2v) is 8.04. The normalized spacial score (nSPS) is 38.1. The van der Waals surface area contributed by atoms with Gasteiger partial charge < -0.3 is 10.2 Å². The molecule has 0 aromatic carbocycles. The minimum absolute atomic E-state index is 0.305. The van der Waals surface area contributed by atoms with Crippen LogP contribution >= 0.6 is 12.2 Å². The third kappa shape index (κ3) is 3.39. The highest BCUT2D eigenvalue weighted by atomic mass is 32.3. The summed E-state index contributed by atoms with van der Waals surface area (Å²) in [6, 6.07) is 0. The van der Waals surface area contributed by atoms with Crippen molar-refractivity contribution in [1.82, 2.24) is 10.2 Å². The van der Waals surface area contributed by atoms with E-state index in [-0.39, 0.29) is 5.54 Å². The molecule has 4 nitrogen and oxygen atoms in total. The number of thiocarbonyl (C=S) groups is 1. The van der Waals surface area contributed by atoms with Crippen LogP contribution in [0.2, 0.25) is 0 Å². The van der Waals surface area contributed by atoms with E-state index >= 15 is 0 Å². The van der Waals surface area contributed by atoms with Crippen molar-refractivity contribution in [2.45, 2.75) is 38.1 Å². The molecule has 2 fully saturated rings. The summed E-state index contributed by atoms with van der Waals surface area (Å²) in [6.07, 6.45) is 4.38. The zero-order valence-electron chi connectivity index (χ0n) is 10.3. The standard InChI is InChI=1S/C11H20N2O2S2/c1-11(5-8-17(14,15)9-11)12-10(16)13-6-3-2-4-7-13/h2-9H2,1H3,(H-,12,14,15,16)/p+1/t11-/m1/s1. The zero-order chi connectivity index (χ0) is 12.5. The summed E-state index contributed by atoms with van der Waals surface area (Å²) in [5, 5.41) is 4.05. The van der Waals surface area contributed by atoms with Gasteiger partial charge in [0.15, 0.2) is 10.9 Å². The number of piperidine rings is 1. The van der Waals surface area contributed by atoms with Crippen molar-refractivity contribution >= 4 is 27.5 Å². The number of likely N-dealkylation sites (tertiary alicyclic amines) is 1. The molecule has 1 unspecified atom stereocenters. The monoisotopic (exact) mass is 277 g/mol. The highest BCUT2D eigenvalue weighted by molar-refractivity contribution is 7.98. The lowest BCUT2D eigenvalue weighted by molar-refractivity contribution is 0.324. The van der Waals surface area contributed by atoms with Gasteiger partial charge in [-0.2, -0.15) is 4.55 Å². The van der Waals surface area contributed by atoms with Crippen LogP contribution in [0.5, 0.6) is 0 Å². The van der Waals surface area contributed by atoms with Gasteiger partial charge in [0.1, 0.15) is 5.75 Å². The van der Waals surface area contributed by atoms with Crippen molar-refractivity contribution < 1.29 is 8.76 Å². The molecule has 2 aliphatic rings. The molecule has 2 heterocycles. The molecule has 2 N–H and O–H groups in total. The number of hydrogen-bond acceptors (Lipinski definition) is 2. The molecule has 0 aromatic heterocycles. The fourth-order valence-electron chi connectivity index (χ4n) is 2.56. The van der Waals surface area contributed by atoms with Crippen LogP contribution in [-0.4, -0.2) is 44.7 Å². The summed E-state index contributed by atoms with van der Waals surface area (Å²) in [4.78, 5) is 2.18. The Balaban J connectivity index is 1.92. The first-order chi connectivity index (χ1) is 7.90. The molecule has 0 radical (unpaired) electrons. The molecule has 17 heavy (non-hydrogen) atoms. The molecule has 0 bridgehead atoms. The Morgan fingerprint density at radius 2 is 2.06 bits per heavy atom. The maximum Gasteiger partial charge on any atom is 0.216 e. The third-order valence-corrected chi connectivity index (χ3v) is 5.86. The molecular weight excluding hydrogens is 256 g/mol. The Morgan fingerprint density at radius 1 is 1.41 bits per heavy atom. The summed E-state index contributed by atoms with van der Waals surface area (Å²) in [5.41, 5.74) is -0.305. The van der Waals surface area contributed by atoms with E-state index in [1.165, 1.54) is 19.3 Å². The second-order valence-electron chi connectivity index (χ2n) is 5.41. The maximum absolute atomic E-state index is 11.6. The van der Waals surface area contributed by atoms with E-state index in [1.807, 2.05) is 6.92 Å². The largest absolute Gasteiger partial charge is 0.352 e. The van der Waals surface area contributed by atoms with E-state index in [0.717, 1.165) is 24.6 Å². The van der Waals surface area contributed by atoms with E-state index in [4.69, 9.17) is 12.2 Å². The van der Waals surface area contributed by atoms with E-state index in [9.17, 15) is 8.76 Å². The van der Waals surface area contributed by atoms with Crippen molar-refractivity contribution in [3.8, 4) is 0 Å². The van der Waals surface area contributed by atoms with Crippen molar-refractivity contribution in [3.63, 3.8) is 0 Å². The molecule has 2 atom stereocenters. The minimum Gasteiger partial charge on any atom is -0.352 e. The molecular formula is C11H21N2O2S2+. The summed E-state index contributed by atoms with van der Waals surface area (Å²) in [5.74, 6) is 0.701. The summed E-state index contributed by atoms with van der Waals surface area (Å²) < 4.78 is 21.2. The fourth-order valence-corrected chi connectivity index (χ4v) is 5.11. The van der Waals surface area contributed by atoms with Crippen LogP contribution in [0.1, 0.15) is 32.6 Å². The van der Waals surface area contributed by atoms with Crippen molar-refractivity contribution in [3.05, 3.63) is 0 Å². The maximum atomic E-state index is 11.6. The minimum atomic E-state index is -2.62. The van der Waals surface area contributed by atoms with E-state index in [2.05, 4.69) is 10.2 Å². The van der Waals surface area contributed by atoms with Gasteiger partial charge in [-0.05, 0) is 38.4 Å². The lowest BCUT2D eigenvalue weighted by atomic mass is 10.0. The van der Waals surface area contributed by atoms with Gasteiger partial charge in [0.25, 0.3) is 0 Å². The highest BCUT2D eigenvalue weighted by Gasteiger charge is 2.47. The van der Waals surface area contributed by atoms with Crippen LogP contribution in [0.15, 0.2) is 0 Å². The molecule has 98 valence electrons. The molecule has 6 heteroatoms. The Hall–Kier alpha value is -0.200. The first-order valence-corrected chi connectivity index (χ1v) is 8.46. The van der Waals surface area contributed by atoms with Gasteiger partial charge >= 0.3 is 0 Å². The van der Waals surface area contributed by atoms with Gasteiger partial charge in [-0.3, -0.25) is 0 Å². The molecule has 2 rings (SSSR count). The van der Waals surface area contributed by atoms with E-state index < -0.39 is 10.2 Å². The van der Waals surface area contributed by atoms with Crippen LogP contribution in [0, 0.1) is 0 Å². The lowest BCUT2D eigenvalue weighted by Gasteiger charge is -2.33. The van der Waals surface area contributed by atoms with Gasteiger partial charge in [-0.1, -0.05) is 4.21 Å². The summed E-state index contributed by atoms with van der Waals surface area (Å²) in [7, 11) is -2.62. The predicted octanol–water partition coefficient (Wildman–Crippen LogP) is 1.48. The van der Waals surface area contributed by atoms with Crippen LogP contribution in [0.4, 0.5) is 0 Å². The molecule has 0 saturated carbocycles. The van der Waals surface area contributed by atoms with E-state index in [0.29, 0.717) is 11.5 Å². The smallest absolute Gasteiger partial charge is 0.216 e. The first kappa shape index (κ1) is 13.2.